The minimum atomic E-state index is -0.426. The summed E-state index contributed by atoms with van der Waals surface area (Å²) in [4.78, 5) is 11.4. The fourth-order valence-corrected chi connectivity index (χ4v) is 1.70. The number of ether oxygens (including phenoxy) is 2. The highest BCUT2D eigenvalue weighted by Gasteiger charge is 2.16. The Labute approximate surface area is 94.3 Å². The molecule has 16 heavy (non-hydrogen) atoms. The van der Waals surface area contributed by atoms with Gasteiger partial charge in [0.05, 0.1) is 6.04 Å². The molecule has 4 heteroatoms. The minimum Gasteiger partial charge on any atom is -0.454 e. The molecule has 1 heterocycles. The van der Waals surface area contributed by atoms with Gasteiger partial charge in [0.2, 0.25) is 6.79 Å². The molecule has 2 N–H and O–H groups in total. The maximum absolute atomic E-state index is 11.4. The summed E-state index contributed by atoms with van der Waals surface area (Å²) in [6.07, 6.45) is 1.02. The molecule has 0 bridgehead atoms. The predicted octanol–water partition coefficient (Wildman–Crippen LogP) is 1.26. The molecule has 0 aliphatic carbocycles. The van der Waals surface area contributed by atoms with E-state index in [2.05, 4.69) is 0 Å². The first-order valence-corrected chi connectivity index (χ1v) is 5.37. The molecule has 1 aromatic carbocycles. The summed E-state index contributed by atoms with van der Waals surface area (Å²) < 4.78 is 10.5. The van der Waals surface area contributed by atoms with E-state index >= 15 is 0 Å². The van der Waals surface area contributed by atoms with E-state index in [1.165, 1.54) is 0 Å². The number of fused-ring (bicyclic) bond motifs is 1. The SMILES string of the molecule is CCC(=O)C(N)Cc1ccc2c(c1)OCO2. The monoisotopic (exact) mass is 221 g/mol. The van der Waals surface area contributed by atoms with Crippen molar-refractivity contribution in [1.29, 1.82) is 0 Å². The van der Waals surface area contributed by atoms with E-state index in [4.69, 9.17) is 15.2 Å². The van der Waals surface area contributed by atoms with Gasteiger partial charge in [0, 0.05) is 6.42 Å². The van der Waals surface area contributed by atoms with Gasteiger partial charge in [-0.15, -0.1) is 0 Å². The van der Waals surface area contributed by atoms with Crippen molar-refractivity contribution in [2.24, 2.45) is 5.73 Å². The zero-order valence-electron chi connectivity index (χ0n) is 9.23. The summed E-state index contributed by atoms with van der Waals surface area (Å²) in [6.45, 7) is 2.08. The lowest BCUT2D eigenvalue weighted by atomic mass is 10.0. The first-order chi connectivity index (χ1) is 7.70. The smallest absolute Gasteiger partial charge is 0.231 e. The highest BCUT2D eigenvalue weighted by Crippen LogP contribution is 2.32. The number of hydrogen-bond donors (Lipinski definition) is 1. The number of rotatable bonds is 4. The van der Waals surface area contributed by atoms with E-state index in [-0.39, 0.29) is 12.6 Å². The largest absolute Gasteiger partial charge is 0.454 e. The fourth-order valence-electron chi connectivity index (χ4n) is 1.70. The molecule has 86 valence electrons. The number of hydrogen-bond acceptors (Lipinski definition) is 4. The molecule has 0 spiro atoms. The van der Waals surface area contributed by atoms with Gasteiger partial charge in [0.1, 0.15) is 5.78 Å². The van der Waals surface area contributed by atoms with Crippen molar-refractivity contribution >= 4 is 5.78 Å². The zero-order chi connectivity index (χ0) is 11.5. The normalized spacial score (nSPS) is 14.9. The highest BCUT2D eigenvalue weighted by atomic mass is 16.7. The fraction of sp³-hybridized carbons (Fsp3) is 0.417. The van der Waals surface area contributed by atoms with Gasteiger partial charge in [0.25, 0.3) is 0 Å². The summed E-state index contributed by atoms with van der Waals surface area (Å²) in [5, 5.41) is 0. The van der Waals surface area contributed by atoms with Gasteiger partial charge >= 0.3 is 0 Å². The molecule has 4 nitrogen and oxygen atoms in total. The Morgan fingerprint density at radius 2 is 2.19 bits per heavy atom. The molecule has 1 aromatic rings. The summed E-state index contributed by atoms with van der Waals surface area (Å²) in [7, 11) is 0. The third-order valence-corrected chi connectivity index (χ3v) is 2.65. The third-order valence-electron chi connectivity index (χ3n) is 2.65. The Morgan fingerprint density at radius 1 is 1.44 bits per heavy atom. The van der Waals surface area contributed by atoms with Crippen LogP contribution in [0.4, 0.5) is 0 Å². The number of carbonyl (C=O) groups excluding carboxylic acids is 1. The molecule has 2 rings (SSSR count). The molecule has 0 fully saturated rings. The van der Waals surface area contributed by atoms with Crippen LogP contribution in [0.15, 0.2) is 18.2 Å². The minimum absolute atomic E-state index is 0.0812. The quantitative estimate of drug-likeness (QED) is 0.831. The summed E-state index contributed by atoms with van der Waals surface area (Å²) in [5.41, 5.74) is 6.78. The molecular weight excluding hydrogens is 206 g/mol. The lowest BCUT2D eigenvalue weighted by molar-refractivity contribution is -0.119. The van der Waals surface area contributed by atoms with E-state index < -0.39 is 6.04 Å². The van der Waals surface area contributed by atoms with Gasteiger partial charge in [0.15, 0.2) is 11.5 Å². The molecule has 0 saturated carbocycles. The molecule has 0 aromatic heterocycles. The maximum atomic E-state index is 11.4. The number of Topliss-reactive ketones (excluding diaryl/α,β-unsaturated/α-hetero) is 1. The number of benzene rings is 1. The molecule has 0 saturated heterocycles. The summed E-state index contributed by atoms with van der Waals surface area (Å²) >= 11 is 0. The molecule has 0 radical (unpaired) electrons. The molecule has 0 amide bonds. The van der Waals surface area contributed by atoms with Crippen LogP contribution in [-0.2, 0) is 11.2 Å². The third kappa shape index (κ3) is 2.17. The van der Waals surface area contributed by atoms with Crippen LogP contribution < -0.4 is 15.2 Å². The van der Waals surface area contributed by atoms with Gasteiger partial charge in [-0.2, -0.15) is 0 Å². The van der Waals surface area contributed by atoms with Crippen LogP contribution in [0.25, 0.3) is 0 Å². The van der Waals surface area contributed by atoms with Crippen LogP contribution in [0.1, 0.15) is 18.9 Å². The topological polar surface area (TPSA) is 61.6 Å². The Hall–Kier alpha value is -1.55. The van der Waals surface area contributed by atoms with Crippen molar-refractivity contribution in [1.82, 2.24) is 0 Å². The van der Waals surface area contributed by atoms with Crippen molar-refractivity contribution in [3.05, 3.63) is 23.8 Å². The second-order valence-corrected chi connectivity index (χ2v) is 3.82. The van der Waals surface area contributed by atoms with Gasteiger partial charge in [-0.05, 0) is 24.1 Å². The van der Waals surface area contributed by atoms with Crippen LogP contribution >= 0.6 is 0 Å². The molecule has 1 atom stereocenters. The van der Waals surface area contributed by atoms with Crippen LogP contribution in [0, 0.1) is 0 Å². The molecule has 1 aliphatic rings. The van der Waals surface area contributed by atoms with Crippen molar-refractivity contribution < 1.29 is 14.3 Å². The second kappa shape index (κ2) is 4.53. The van der Waals surface area contributed by atoms with E-state index in [1.807, 2.05) is 25.1 Å². The Bertz CT molecular complexity index is 403. The standard InChI is InChI=1S/C12H15NO3/c1-2-10(14)9(13)5-8-3-4-11-12(6-8)16-7-15-11/h3-4,6,9H,2,5,7,13H2,1H3. The van der Waals surface area contributed by atoms with Crippen LogP contribution in [0.2, 0.25) is 0 Å². The first kappa shape index (κ1) is 11.0. The average Bonchev–Trinajstić information content (AvgIpc) is 2.75. The van der Waals surface area contributed by atoms with Crippen molar-refractivity contribution in [3.8, 4) is 11.5 Å². The first-order valence-electron chi connectivity index (χ1n) is 5.37. The Balaban J connectivity index is 2.08. The number of nitrogens with two attached hydrogens (primary N) is 1. The van der Waals surface area contributed by atoms with Crippen LogP contribution in [0.3, 0.4) is 0 Å². The number of ketones is 1. The zero-order valence-corrected chi connectivity index (χ0v) is 9.23. The van der Waals surface area contributed by atoms with E-state index in [1.54, 1.807) is 0 Å². The molecular formula is C12H15NO3. The summed E-state index contributed by atoms with van der Waals surface area (Å²) in [5.74, 6) is 1.56. The van der Waals surface area contributed by atoms with Gasteiger partial charge < -0.3 is 15.2 Å². The van der Waals surface area contributed by atoms with E-state index in [0.29, 0.717) is 12.8 Å². The maximum Gasteiger partial charge on any atom is 0.231 e. The van der Waals surface area contributed by atoms with Crippen molar-refractivity contribution in [2.45, 2.75) is 25.8 Å². The second-order valence-electron chi connectivity index (χ2n) is 3.82. The van der Waals surface area contributed by atoms with Crippen LogP contribution in [0.5, 0.6) is 11.5 Å². The summed E-state index contributed by atoms with van der Waals surface area (Å²) in [6, 6.07) is 5.22. The molecule has 1 unspecified atom stereocenters. The van der Waals surface area contributed by atoms with Crippen LogP contribution in [-0.4, -0.2) is 18.6 Å². The number of carbonyl (C=O) groups is 1. The lowest BCUT2D eigenvalue weighted by Crippen LogP contribution is -2.32. The van der Waals surface area contributed by atoms with Crippen molar-refractivity contribution in [2.75, 3.05) is 6.79 Å². The molecule has 1 aliphatic heterocycles. The van der Waals surface area contributed by atoms with E-state index in [0.717, 1.165) is 17.1 Å². The van der Waals surface area contributed by atoms with Gasteiger partial charge in [-0.25, -0.2) is 0 Å². The lowest BCUT2D eigenvalue weighted by Gasteiger charge is -2.09. The Kier molecular flexibility index (Phi) is 3.10. The van der Waals surface area contributed by atoms with Gasteiger partial charge in [-0.1, -0.05) is 13.0 Å². The van der Waals surface area contributed by atoms with Gasteiger partial charge in [-0.3, -0.25) is 4.79 Å². The average molecular weight is 221 g/mol. The van der Waals surface area contributed by atoms with Crippen molar-refractivity contribution in [3.63, 3.8) is 0 Å². The highest BCUT2D eigenvalue weighted by molar-refractivity contribution is 5.83. The predicted molar refractivity (Wildman–Crippen MR) is 59.5 cm³/mol. The van der Waals surface area contributed by atoms with E-state index in [9.17, 15) is 4.79 Å². The Morgan fingerprint density at radius 3 is 2.94 bits per heavy atom.